The third kappa shape index (κ3) is 5.55. The van der Waals surface area contributed by atoms with Gasteiger partial charge in [-0.05, 0) is 23.8 Å². The fraction of sp³-hybridized carbons (Fsp3) is 0.0800. The van der Waals surface area contributed by atoms with Gasteiger partial charge in [-0.2, -0.15) is 5.10 Å². The molecule has 8 heteroatoms. The highest BCUT2D eigenvalue weighted by Crippen LogP contribution is 2.32. The molecule has 1 heterocycles. The molecule has 2 N–H and O–H groups in total. The van der Waals surface area contributed by atoms with Crippen molar-refractivity contribution in [1.82, 2.24) is 4.98 Å². The van der Waals surface area contributed by atoms with E-state index in [1.807, 2.05) is 41.8 Å². The highest BCUT2D eigenvalue weighted by atomic mass is 32.1. The molecule has 166 valence electrons. The summed E-state index contributed by atoms with van der Waals surface area (Å²) in [5, 5.41) is 16.5. The van der Waals surface area contributed by atoms with Crippen molar-refractivity contribution in [2.75, 3.05) is 12.5 Å². The van der Waals surface area contributed by atoms with E-state index in [0.717, 1.165) is 11.3 Å². The van der Waals surface area contributed by atoms with Crippen molar-refractivity contribution >= 4 is 28.7 Å². The average Bonchev–Trinajstić information content (AvgIpc) is 3.32. The van der Waals surface area contributed by atoms with E-state index < -0.39 is 12.1 Å². The third-order valence-corrected chi connectivity index (χ3v) is 5.45. The van der Waals surface area contributed by atoms with Crippen LogP contribution in [0.1, 0.15) is 17.2 Å². The number of hydrazone groups is 1. The minimum atomic E-state index is -1.17. The SMILES string of the molecule is COc1ccc(C=NNc2nc(-c3ccccc3)cs2)cc1OC(C(=O)O)c1ccccc1. The Kier molecular flexibility index (Phi) is 6.96. The maximum Gasteiger partial charge on any atom is 0.349 e. The van der Waals surface area contributed by atoms with Crippen LogP contribution in [0.2, 0.25) is 0 Å². The number of nitrogens with zero attached hydrogens (tertiary/aromatic N) is 2. The van der Waals surface area contributed by atoms with Crippen molar-refractivity contribution in [1.29, 1.82) is 0 Å². The normalized spacial score (nSPS) is 11.8. The van der Waals surface area contributed by atoms with Gasteiger partial charge >= 0.3 is 5.97 Å². The standard InChI is InChI=1S/C25H21N3O4S/c1-31-21-13-12-17(14-22(21)32-23(24(29)30)19-10-6-3-7-11-19)15-26-28-25-27-20(16-33-25)18-8-4-2-5-9-18/h2-16,23H,1H3,(H,27,28)(H,29,30). The average molecular weight is 460 g/mol. The molecule has 4 rings (SSSR count). The summed E-state index contributed by atoms with van der Waals surface area (Å²) in [6, 6.07) is 23.8. The van der Waals surface area contributed by atoms with Crippen LogP contribution < -0.4 is 14.9 Å². The number of aromatic nitrogens is 1. The van der Waals surface area contributed by atoms with Crippen LogP contribution in [0.15, 0.2) is 89.3 Å². The predicted molar refractivity (Wildman–Crippen MR) is 129 cm³/mol. The molecule has 4 aromatic rings. The lowest BCUT2D eigenvalue weighted by Gasteiger charge is -2.17. The smallest absolute Gasteiger partial charge is 0.349 e. The van der Waals surface area contributed by atoms with Gasteiger partial charge in [0.25, 0.3) is 0 Å². The minimum Gasteiger partial charge on any atom is -0.493 e. The summed E-state index contributed by atoms with van der Waals surface area (Å²) in [5.41, 5.74) is 6.07. The Morgan fingerprint density at radius 3 is 2.48 bits per heavy atom. The lowest BCUT2D eigenvalue weighted by atomic mass is 10.1. The van der Waals surface area contributed by atoms with Gasteiger partial charge in [0.05, 0.1) is 19.0 Å². The van der Waals surface area contributed by atoms with Crippen LogP contribution in [0.4, 0.5) is 5.13 Å². The monoisotopic (exact) mass is 459 g/mol. The molecule has 1 aromatic heterocycles. The van der Waals surface area contributed by atoms with E-state index in [1.165, 1.54) is 18.4 Å². The number of hydrogen-bond donors (Lipinski definition) is 2. The van der Waals surface area contributed by atoms with E-state index in [0.29, 0.717) is 27.8 Å². The zero-order chi connectivity index (χ0) is 23.0. The second-order valence-electron chi connectivity index (χ2n) is 6.93. The molecule has 33 heavy (non-hydrogen) atoms. The number of anilines is 1. The summed E-state index contributed by atoms with van der Waals surface area (Å²) in [6.07, 6.45) is 0.436. The van der Waals surface area contributed by atoms with Gasteiger partial charge in [-0.3, -0.25) is 5.43 Å². The van der Waals surface area contributed by atoms with Gasteiger partial charge in [0.2, 0.25) is 11.2 Å². The van der Waals surface area contributed by atoms with Crippen molar-refractivity contribution in [3.8, 4) is 22.8 Å². The van der Waals surface area contributed by atoms with Gasteiger partial charge < -0.3 is 14.6 Å². The molecular weight excluding hydrogens is 438 g/mol. The number of rotatable bonds is 9. The molecule has 0 radical (unpaired) electrons. The second kappa shape index (κ2) is 10.4. The summed E-state index contributed by atoms with van der Waals surface area (Å²) < 4.78 is 11.2. The fourth-order valence-electron chi connectivity index (χ4n) is 3.11. The summed E-state index contributed by atoms with van der Waals surface area (Å²) in [7, 11) is 1.50. The van der Waals surface area contributed by atoms with Crippen LogP contribution in [-0.2, 0) is 4.79 Å². The van der Waals surface area contributed by atoms with Gasteiger partial charge in [0, 0.05) is 16.5 Å². The Hall–Kier alpha value is -4.17. The Morgan fingerprint density at radius 1 is 1.06 bits per heavy atom. The summed E-state index contributed by atoms with van der Waals surface area (Å²) >= 11 is 1.45. The van der Waals surface area contributed by atoms with E-state index in [4.69, 9.17) is 9.47 Å². The number of aliphatic carboxylic acids is 1. The zero-order valence-electron chi connectivity index (χ0n) is 17.7. The van der Waals surface area contributed by atoms with E-state index in [1.54, 1.807) is 48.7 Å². The van der Waals surface area contributed by atoms with Gasteiger partial charge in [-0.1, -0.05) is 60.7 Å². The van der Waals surface area contributed by atoms with Gasteiger partial charge in [0.1, 0.15) is 0 Å². The van der Waals surface area contributed by atoms with Crippen LogP contribution in [0.3, 0.4) is 0 Å². The van der Waals surface area contributed by atoms with E-state index in [2.05, 4.69) is 15.5 Å². The summed E-state index contributed by atoms with van der Waals surface area (Å²) in [4.78, 5) is 16.3. The molecule has 0 amide bonds. The number of carboxylic acid groups (broad SMARTS) is 1. The number of nitrogens with one attached hydrogen (secondary N) is 1. The second-order valence-corrected chi connectivity index (χ2v) is 7.79. The molecule has 0 aliphatic heterocycles. The lowest BCUT2D eigenvalue weighted by Crippen LogP contribution is -2.18. The van der Waals surface area contributed by atoms with Crippen LogP contribution in [0.5, 0.6) is 11.5 Å². The molecule has 0 bridgehead atoms. The Morgan fingerprint density at radius 2 is 1.79 bits per heavy atom. The number of benzene rings is 3. The van der Waals surface area contributed by atoms with Crippen molar-refractivity contribution in [3.63, 3.8) is 0 Å². The first-order valence-corrected chi connectivity index (χ1v) is 10.9. The molecule has 0 aliphatic carbocycles. The van der Waals surface area contributed by atoms with Crippen molar-refractivity contribution in [2.45, 2.75) is 6.10 Å². The number of thiazole rings is 1. The number of carbonyl (C=O) groups is 1. The largest absolute Gasteiger partial charge is 0.493 e. The lowest BCUT2D eigenvalue weighted by molar-refractivity contribution is -0.145. The van der Waals surface area contributed by atoms with E-state index >= 15 is 0 Å². The zero-order valence-corrected chi connectivity index (χ0v) is 18.5. The van der Waals surface area contributed by atoms with Gasteiger partial charge in [-0.25, -0.2) is 9.78 Å². The maximum atomic E-state index is 11.8. The van der Waals surface area contributed by atoms with Gasteiger partial charge in [0.15, 0.2) is 11.5 Å². The number of hydrogen-bond acceptors (Lipinski definition) is 7. The van der Waals surface area contributed by atoms with Crippen LogP contribution in [0.25, 0.3) is 11.3 Å². The Labute approximate surface area is 195 Å². The first-order chi connectivity index (χ1) is 16.1. The fourth-order valence-corrected chi connectivity index (χ4v) is 3.78. The molecule has 1 unspecified atom stereocenters. The van der Waals surface area contributed by atoms with Crippen molar-refractivity contribution in [3.05, 3.63) is 95.4 Å². The number of methoxy groups -OCH3 is 1. The van der Waals surface area contributed by atoms with Crippen LogP contribution in [0, 0.1) is 0 Å². The van der Waals surface area contributed by atoms with Gasteiger partial charge in [-0.15, -0.1) is 11.3 Å². The molecule has 1 atom stereocenters. The maximum absolute atomic E-state index is 11.8. The molecule has 3 aromatic carbocycles. The highest BCUT2D eigenvalue weighted by molar-refractivity contribution is 7.14. The predicted octanol–water partition coefficient (Wildman–Crippen LogP) is 5.47. The Balaban J connectivity index is 1.49. The first-order valence-electron chi connectivity index (χ1n) is 10.1. The number of ether oxygens (including phenoxy) is 2. The van der Waals surface area contributed by atoms with E-state index in [-0.39, 0.29) is 0 Å². The quantitative estimate of drug-likeness (QED) is 0.255. The summed E-state index contributed by atoms with van der Waals surface area (Å²) in [6.45, 7) is 0. The molecule has 7 nitrogen and oxygen atoms in total. The summed E-state index contributed by atoms with van der Waals surface area (Å²) in [5.74, 6) is -0.366. The highest BCUT2D eigenvalue weighted by Gasteiger charge is 2.23. The molecule has 0 fully saturated rings. The third-order valence-electron chi connectivity index (χ3n) is 4.71. The van der Waals surface area contributed by atoms with Crippen LogP contribution in [-0.4, -0.2) is 29.4 Å². The van der Waals surface area contributed by atoms with Crippen molar-refractivity contribution < 1.29 is 19.4 Å². The first kappa shape index (κ1) is 22.0. The van der Waals surface area contributed by atoms with Crippen molar-refractivity contribution in [2.24, 2.45) is 5.10 Å². The topological polar surface area (TPSA) is 93.0 Å². The minimum absolute atomic E-state index is 0.304. The molecule has 0 aliphatic rings. The van der Waals surface area contributed by atoms with Crippen LogP contribution >= 0.6 is 11.3 Å². The Bertz CT molecular complexity index is 1240. The molecular formula is C25H21N3O4S. The molecule has 0 saturated heterocycles. The number of carboxylic acids is 1. The molecule has 0 saturated carbocycles. The van der Waals surface area contributed by atoms with E-state index in [9.17, 15) is 9.90 Å². The molecule has 0 spiro atoms.